The second-order valence-electron chi connectivity index (χ2n) is 4.44. The third-order valence-electron chi connectivity index (χ3n) is 2.99. The van der Waals surface area contributed by atoms with Crippen molar-refractivity contribution in [2.75, 3.05) is 5.32 Å². The zero-order valence-electron chi connectivity index (χ0n) is 11.2. The first-order chi connectivity index (χ1) is 10.6. The number of hydrogen-bond acceptors (Lipinski definition) is 3. The number of amides is 1. The van der Waals surface area contributed by atoms with Gasteiger partial charge < -0.3 is 5.32 Å². The van der Waals surface area contributed by atoms with Gasteiger partial charge in [0.25, 0.3) is 5.91 Å². The smallest absolute Gasteiger partial charge is 0.258 e. The lowest BCUT2D eigenvalue weighted by molar-refractivity contribution is 0.102. The molecular formula is C15H10BrFN4O. The second-order valence-corrected chi connectivity index (χ2v) is 5.35. The van der Waals surface area contributed by atoms with Crippen LogP contribution in [-0.4, -0.2) is 20.7 Å². The Morgan fingerprint density at radius 3 is 2.82 bits per heavy atom. The highest BCUT2D eigenvalue weighted by atomic mass is 79.9. The fraction of sp³-hybridized carbons (Fsp3) is 0. The van der Waals surface area contributed by atoms with Gasteiger partial charge in [-0.1, -0.05) is 28.1 Å². The Balaban J connectivity index is 1.94. The molecule has 2 aromatic carbocycles. The zero-order valence-corrected chi connectivity index (χ0v) is 12.8. The summed E-state index contributed by atoms with van der Waals surface area (Å²) in [6.45, 7) is 0. The first kappa shape index (κ1) is 14.4. The van der Waals surface area contributed by atoms with E-state index >= 15 is 0 Å². The molecule has 0 radical (unpaired) electrons. The lowest BCUT2D eigenvalue weighted by Crippen LogP contribution is -2.15. The number of para-hydroxylation sites is 2. The molecule has 22 heavy (non-hydrogen) atoms. The zero-order chi connectivity index (χ0) is 15.5. The van der Waals surface area contributed by atoms with Gasteiger partial charge in [0.05, 0.1) is 16.9 Å². The Kier molecular flexibility index (Phi) is 3.97. The van der Waals surface area contributed by atoms with Crippen LogP contribution in [0.3, 0.4) is 0 Å². The van der Waals surface area contributed by atoms with Gasteiger partial charge >= 0.3 is 0 Å². The summed E-state index contributed by atoms with van der Waals surface area (Å²) in [7, 11) is 0. The largest absolute Gasteiger partial charge is 0.320 e. The third-order valence-corrected chi connectivity index (χ3v) is 3.48. The predicted molar refractivity (Wildman–Crippen MR) is 83.4 cm³/mol. The van der Waals surface area contributed by atoms with Crippen LogP contribution in [0.15, 0.2) is 59.6 Å². The van der Waals surface area contributed by atoms with E-state index in [1.54, 1.807) is 18.2 Å². The molecule has 110 valence electrons. The van der Waals surface area contributed by atoms with E-state index in [9.17, 15) is 9.18 Å². The number of rotatable bonds is 3. The van der Waals surface area contributed by atoms with E-state index in [0.29, 0.717) is 15.8 Å². The highest BCUT2D eigenvalue weighted by Gasteiger charge is 2.14. The molecule has 5 nitrogen and oxygen atoms in total. The average molecular weight is 361 g/mol. The molecule has 1 heterocycles. The molecular weight excluding hydrogens is 351 g/mol. The Labute approximate surface area is 133 Å². The van der Waals surface area contributed by atoms with E-state index in [2.05, 4.69) is 31.3 Å². The van der Waals surface area contributed by atoms with Crippen LogP contribution in [0, 0.1) is 5.82 Å². The monoisotopic (exact) mass is 360 g/mol. The molecule has 7 heteroatoms. The van der Waals surface area contributed by atoms with Gasteiger partial charge in [-0.3, -0.25) is 4.79 Å². The van der Waals surface area contributed by atoms with Crippen LogP contribution in [-0.2, 0) is 0 Å². The molecule has 3 rings (SSSR count). The number of halogens is 2. The minimum Gasteiger partial charge on any atom is -0.320 e. The van der Waals surface area contributed by atoms with Crippen LogP contribution in [0.5, 0.6) is 0 Å². The molecule has 0 aliphatic carbocycles. The quantitative estimate of drug-likeness (QED) is 0.778. The van der Waals surface area contributed by atoms with Gasteiger partial charge in [-0.05, 0) is 30.3 Å². The summed E-state index contributed by atoms with van der Waals surface area (Å²) >= 11 is 3.23. The summed E-state index contributed by atoms with van der Waals surface area (Å²) in [5.74, 6) is -1.12. The van der Waals surface area contributed by atoms with Gasteiger partial charge in [-0.2, -0.15) is 5.10 Å². The van der Waals surface area contributed by atoms with Crippen molar-refractivity contribution in [3.63, 3.8) is 0 Å². The first-order valence-electron chi connectivity index (χ1n) is 6.35. The van der Waals surface area contributed by atoms with Crippen LogP contribution < -0.4 is 5.32 Å². The minimum atomic E-state index is -0.584. The van der Waals surface area contributed by atoms with Crippen molar-refractivity contribution in [2.45, 2.75) is 0 Å². The van der Waals surface area contributed by atoms with Crippen molar-refractivity contribution in [3.05, 3.63) is 71.0 Å². The number of nitrogens with zero attached hydrogens (tertiary/aromatic N) is 3. The molecule has 0 saturated carbocycles. The third kappa shape index (κ3) is 2.89. The molecule has 3 aromatic rings. The number of carbonyl (C=O) groups excluding carboxylic acids is 1. The maximum Gasteiger partial charge on any atom is 0.258 e. The van der Waals surface area contributed by atoms with E-state index < -0.39 is 11.7 Å². The number of anilines is 1. The van der Waals surface area contributed by atoms with Crippen LogP contribution in [0.4, 0.5) is 10.1 Å². The lowest BCUT2D eigenvalue weighted by atomic mass is 10.2. The van der Waals surface area contributed by atoms with Gasteiger partial charge in [-0.15, -0.1) is 0 Å². The first-order valence-corrected chi connectivity index (χ1v) is 7.15. The van der Waals surface area contributed by atoms with Gasteiger partial charge in [0.15, 0.2) is 0 Å². The summed E-state index contributed by atoms with van der Waals surface area (Å²) in [4.78, 5) is 16.2. The molecule has 0 fully saturated rings. The maximum atomic E-state index is 13.8. The molecule has 0 spiro atoms. The molecule has 0 unspecified atom stereocenters. The standard InChI is InChI=1S/C15H10BrFN4O/c16-10-5-6-12(17)11(7-10)15(22)20-13-3-1-2-4-14(13)21-9-18-8-19-21/h1-9H,(H,20,22). The molecule has 0 aliphatic rings. The van der Waals surface area contributed by atoms with Crippen LogP contribution in [0.25, 0.3) is 5.69 Å². The fourth-order valence-corrected chi connectivity index (χ4v) is 2.33. The van der Waals surface area contributed by atoms with Gasteiger partial charge in [0.1, 0.15) is 18.5 Å². The number of nitrogens with one attached hydrogen (secondary N) is 1. The van der Waals surface area contributed by atoms with E-state index in [-0.39, 0.29) is 5.56 Å². The summed E-state index contributed by atoms with van der Waals surface area (Å²) < 4.78 is 15.9. The second kappa shape index (κ2) is 6.07. The number of carbonyl (C=O) groups is 1. The normalized spacial score (nSPS) is 10.5. The van der Waals surface area contributed by atoms with Crippen molar-refractivity contribution >= 4 is 27.5 Å². The summed E-state index contributed by atoms with van der Waals surface area (Å²) in [5, 5.41) is 6.73. The Hall–Kier alpha value is -2.54. The number of aromatic nitrogens is 3. The van der Waals surface area contributed by atoms with Crippen molar-refractivity contribution < 1.29 is 9.18 Å². The number of benzene rings is 2. The maximum absolute atomic E-state index is 13.8. The van der Waals surface area contributed by atoms with Crippen molar-refractivity contribution in [1.82, 2.24) is 14.8 Å². The van der Waals surface area contributed by atoms with Crippen LogP contribution in [0.1, 0.15) is 10.4 Å². The predicted octanol–water partition coefficient (Wildman–Crippen LogP) is 3.42. The Morgan fingerprint density at radius 2 is 2.05 bits per heavy atom. The van der Waals surface area contributed by atoms with E-state index in [0.717, 1.165) is 0 Å². The van der Waals surface area contributed by atoms with Crippen LogP contribution in [0.2, 0.25) is 0 Å². The molecule has 0 saturated heterocycles. The molecule has 1 amide bonds. The summed E-state index contributed by atoms with van der Waals surface area (Å²) in [6, 6.07) is 11.3. The average Bonchev–Trinajstić information content (AvgIpc) is 3.04. The van der Waals surface area contributed by atoms with E-state index in [1.807, 2.05) is 6.07 Å². The topological polar surface area (TPSA) is 59.8 Å². The van der Waals surface area contributed by atoms with Crippen LogP contribution >= 0.6 is 15.9 Å². The van der Waals surface area contributed by atoms with E-state index in [1.165, 1.54) is 35.5 Å². The molecule has 0 bridgehead atoms. The fourth-order valence-electron chi connectivity index (χ4n) is 1.97. The highest BCUT2D eigenvalue weighted by molar-refractivity contribution is 9.10. The minimum absolute atomic E-state index is 0.0391. The molecule has 1 N–H and O–H groups in total. The molecule has 0 atom stereocenters. The molecule has 1 aromatic heterocycles. The molecule has 0 aliphatic heterocycles. The van der Waals surface area contributed by atoms with Crippen molar-refractivity contribution in [3.8, 4) is 5.69 Å². The lowest BCUT2D eigenvalue weighted by Gasteiger charge is -2.11. The van der Waals surface area contributed by atoms with E-state index in [4.69, 9.17) is 0 Å². The summed E-state index contributed by atoms with van der Waals surface area (Å²) in [6.07, 6.45) is 2.91. The van der Waals surface area contributed by atoms with Gasteiger partial charge in [-0.25, -0.2) is 14.1 Å². The van der Waals surface area contributed by atoms with Gasteiger partial charge in [0.2, 0.25) is 0 Å². The van der Waals surface area contributed by atoms with Gasteiger partial charge in [0, 0.05) is 4.47 Å². The van der Waals surface area contributed by atoms with Crippen molar-refractivity contribution in [1.29, 1.82) is 0 Å². The SMILES string of the molecule is O=C(Nc1ccccc1-n1cncn1)c1cc(Br)ccc1F. The van der Waals surface area contributed by atoms with Crippen molar-refractivity contribution in [2.24, 2.45) is 0 Å². The summed E-state index contributed by atoms with van der Waals surface area (Å²) in [5.41, 5.74) is 1.11. The Bertz CT molecular complexity index is 820. The highest BCUT2D eigenvalue weighted by Crippen LogP contribution is 2.21. The Morgan fingerprint density at radius 1 is 1.23 bits per heavy atom. The number of hydrogen-bond donors (Lipinski definition) is 1.